The maximum Gasteiger partial charge on any atom is 2.00 e. The van der Waals surface area contributed by atoms with E-state index < -0.39 is 0 Å². The molecule has 0 amide bonds. The Labute approximate surface area is 137 Å². The maximum absolute atomic E-state index is 9.97. The zero-order chi connectivity index (χ0) is 12.3. The van der Waals surface area contributed by atoms with Gasteiger partial charge >= 0.3 is 21.7 Å². The molecule has 0 atom stereocenters. The molecule has 0 saturated heterocycles. The van der Waals surface area contributed by atoms with Crippen LogP contribution in [-0.4, -0.2) is 11.3 Å². The fourth-order valence-electron chi connectivity index (χ4n) is 1.63. The quantitative estimate of drug-likeness (QED) is 0.488. The third-order valence-electron chi connectivity index (χ3n) is 2.74. The van der Waals surface area contributed by atoms with Gasteiger partial charge in [0.05, 0.1) is 5.69 Å². The van der Waals surface area contributed by atoms with E-state index in [0.717, 1.165) is 22.4 Å². The summed E-state index contributed by atoms with van der Waals surface area (Å²) >= 11 is 0. The average Bonchev–Trinajstić information content (AvgIpc) is 2.35. The molecule has 0 aliphatic heterocycles. The van der Waals surface area contributed by atoms with E-state index in [1.807, 2.05) is 56.3 Å². The van der Waals surface area contributed by atoms with Crippen molar-refractivity contribution in [2.24, 2.45) is 4.99 Å². The smallest absolute Gasteiger partial charge is 0.507 e. The molecule has 0 fully saturated rings. The van der Waals surface area contributed by atoms with Crippen molar-refractivity contribution in [2.45, 2.75) is 13.8 Å². The molecule has 1 N–H and O–H groups in total. The first-order valence-corrected chi connectivity index (χ1v) is 5.57. The zero-order valence-electron chi connectivity index (χ0n) is 12.5. The van der Waals surface area contributed by atoms with Crippen molar-refractivity contribution in [1.29, 1.82) is 0 Å². The molecule has 0 radical (unpaired) electrons. The molecule has 2 rings (SSSR count). The second-order valence-corrected chi connectivity index (χ2v) is 4.06. The largest absolute Gasteiger partial charge is 2.00 e. The van der Waals surface area contributed by atoms with Crippen LogP contribution in [0, 0.1) is 28.7 Å². The third-order valence-corrected chi connectivity index (χ3v) is 2.74. The van der Waals surface area contributed by atoms with Crippen LogP contribution in [0.4, 0.5) is 5.69 Å². The Bertz CT molecular complexity index is 550. The van der Waals surface area contributed by atoms with Gasteiger partial charge in [0.15, 0.2) is 0 Å². The molecule has 2 nitrogen and oxygen atoms in total. The first-order valence-electron chi connectivity index (χ1n) is 5.57. The summed E-state index contributed by atoms with van der Waals surface area (Å²) in [6, 6.07) is 13.6. The predicted octanol–water partition coefficient (Wildman–Crippen LogP) is 4.66. The molecular weight excluding hydrogens is 282 g/mol. The van der Waals surface area contributed by atoms with Crippen LogP contribution in [0.1, 0.15) is 16.7 Å². The number of aryl methyl sites for hydroxylation is 2. The zero-order valence-corrected chi connectivity index (χ0v) is 14.1. The SMILES string of the molecule is Cc1ccc(C)c(C=Nc2ccccc2)c1O.[CH3-].[CH3-].[Ti+2]. The summed E-state index contributed by atoms with van der Waals surface area (Å²) in [5.41, 5.74) is 3.56. The van der Waals surface area contributed by atoms with Gasteiger partial charge in [-0.25, -0.2) is 0 Å². The summed E-state index contributed by atoms with van der Waals surface area (Å²) in [4.78, 5) is 4.35. The first-order chi connectivity index (χ1) is 8.18. The van der Waals surface area contributed by atoms with Crippen molar-refractivity contribution in [3.8, 4) is 5.75 Å². The fraction of sp³-hybridized carbons (Fsp3) is 0.118. The molecule has 0 saturated carbocycles. The van der Waals surface area contributed by atoms with Gasteiger partial charge in [-0.05, 0) is 37.1 Å². The first kappa shape index (κ1) is 20.9. The van der Waals surface area contributed by atoms with Crippen molar-refractivity contribution in [2.75, 3.05) is 0 Å². The van der Waals surface area contributed by atoms with Gasteiger partial charge in [-0.3, -0.25) is 4.99 Å². The van der Waals surface area contributed by atoms with Crippen LogP contribution >= 0.6 is 0 Å². The summed E-state index contributed by atoms with van der Waals surface area (Å²) in [7, 11) is 0. The summed E-state index contributed by atoms with van der Waals surface area (Å²) in [5.74, 6) is 0.310. The van der Waals surface area contributed by atoms with Gasteiger partial charge in [-0.2, -0.15) is 0 Å². The monoisotopic (exact) mass is 303 g/mol. The molecule has 3 heteroatoms. The van der Waals surface area contributed by atoms with E-state index in [4.69, 9.17) is 0 Å². The number of phenols is 1. The van der Waals surface area contributed by atoms with Crippen molar-refractivity contribution in [1.82, 2.24) is 0 Å². The average molecular weight is 303 g/mol. The number of para-hydroxylation sites is 1. The maximum atomic E-state index is 9.97. The Morgan fingerprint density at radius 3 is 2.05 bits per heavy atom. The van der Waals surface area contributed by atoms with Crippen LogP contribution in [-0.2, 0) is 21.7 Å². The van der Waals surface area contributed by atoms with Crippen molar-refractivity contribution in [3.63, 3.8) is 0 Å². The Kier molecular flexibility index (Phi) is 9.96. The number of benzene rings is 2. The van der Waals surface area contributed by atoms with E-state index in [1.165, 1.54) is 0 Å². The Balaban J connectivity index is 0. The Morgan fingerprint density at radius 2 is 1.45 bits per heavy atom. The van der Waals surface area contributed by atoms with E-state index in [1.54, 1.807) is 6.21 Å². The van der Waals surface area contributed by atoms with Gasteiger partial charge in [-0.1, -0.05) is 30.3 Å². The van der Waals surface area contributed by atoms with Gasteiger partial charge in [-0.15, -0.1) is 0 Å². The number of aliphatic imine (C=N–C) groups is 1. The van der Waals surface area contributed by atoms with Gasteiger partial charge in [0.2, 0.25) is 0 Å². The molecule has 20 heavy (non-hydrogen) atoms. The van der Waals surface area contributed by atoms with Gasteiger partial charge in [0.1, 0.15) is 5.75 Å². The molecule has 0 heterocycles. The van der Waals surface area contributed by atoms with Crippen LogP contribution in [0.2, 0.25) is 0 Å². The number of hydrogen-bond donors (Lipinski definition) is 1. The third kappa shape index (κ3) is 4.95. The number of hydrogen-bond acceptors (Lipinski definition) is 2. The molecule has 104 valence electrons. The number of aromatic hydroxyl groups is 1. The summed E-state index contributed by atoms with van der Waals surface area (Å²) in [6.07, 6.45) is 1.72. The summed E-state index contributed by atoms with van der Waals surface area (Å²) < 4.78 is 0. The standard InChI is InChI=1S/C15H15NO.2CH3.Ti/c1-11-8-9-12(2)15(17)14(11)10-16-13-6-4-3-5-7-13;;;/h3-10,17H,1-2H3;2*1H3;/q;2*-1;+2. The van der Waals surface area contributed by atoms with Gasteiger partial charge in [0.25, 0.3) is 0 Å². The predicted molar refractivity (Wildman–Crippen MR) is 84.1 cm³/mol. The number of nitrogens with zero attached hydrogens (tertiary/aromatic N) is 1. The van der Waals surface area contributed by atoms with Crippen LogP contribution < -0.4 is 0 Å². The van der Waals surface area contributed by atoms with Gasteiger partial charge < -0.3 is 20.0 Å². The molecule has 0 spiro atoms. The Morgan fingerprint density at radius 1 is 0.900 bits per heavy atom. The molecule has 0 aliphatic rings. The number of phenolic OH excluding ortho intramolecular Hbond substituents is 1. The van der Waals surface area contributed by atoms with Crippen LogP contribution in [0.3, 0.4) is 0 Å². The van der Waals surface area contributed by atoms with E-state index in [2.05, 4.69) is 4.99 Å². The minimum atomic E-state index is 0. The van der Waals surface area contributed by atoms with Crippen molar-refractivity contribution >= 4 is 11.9 Å². The van der Waals surface area contributed by atoms with Crippen LogP contribution in [0.25, 0.3) is 0 Å². The van der Waals surface area contributed by atoms with E-state index >= 15 is 0 Å². The normalized spacial score (nSPS) is 9.30. The molecule has 0 aromatic heterocycles. The van der Waals surface area contributed by atoms with E-state index in [-0.39, 0.29) is 36.6 Å². The molecule has 0 aliphatic carbocycles. The minimum absolute atomic E-state index is 0. The van der Waals surface area contributed by atoms with Gasteiger partial charge in [0, 0.05) is 11.8 Å². The molecule has 0 unspecified atom stereocenters. The minimum Gasteiger partial charge on any atom is -0.507 e. The topological polar surface area (TPSA) is 32.6 Å². The number of rotatable bonds is 2. The summed E-state index contributed by atoms with van der Waals surface area (Å²) in [6.45, 7) is 3.85. The van der Waals surface area contributed by atoms with E-state index in [9.17, 15) is 5.11 Å². The van der Waals surface area contributed by atoms with Crippen molar-refractivity contribution in [3.05, 3.63) is 74.0 Å². The van der Waals surface area contributed by atoms with Crippen molar-refractivity contribution < 1.29 is 26.8 Å². The fourth-order valence-corrected chi connectivity index (χ4v) is 1.63. The van der Waals surface area contributed by atoms with E-state index in [0.29, 0.717) is 5.75 Å². The molecule has 2 aromatic rings. The van der Waals surface area contributed by atoms with Crippen LogP contribution in [0.15, 0.2) is 47.5 Å². The molecule has 2 aromatic carbocycles. The second-order valence-electron chi connectivity index (χ2n) is 4.06. The summed E-state index contributed by atoms with van der Waals surface area (Å²) in [5, 5.41) is 9.97. The second kappa shape index (κ2) is 9.52. The molecule has 0 bridgehead atoms. The van der Waals surface area contributed by atoms with Crippen LogP contribution in [0.5, 0.6) is 5.75 Å². The molecular formula is C17H21NOTi. The Hall–Kier alpha value is -1.38.